The molecule has 112 valence electrons. The average Bonchev–Trinajstić information content (AvgIpc) is 2.48. The zero-order valence-corrected chi connectivity index (χ0v) is 13.4. The van der Waals surface area contributed by atoms with E-state index in [1.54, 1.807) is 18.9 Å². The summed E-state index contributed by atoms with van der Waals surface area (Å²) in [6, 6.07) is 7.04. The van der Waals surface area contributed by atoms with Crippen molar-refractivity contribution in [1.29, 1.82) is 0 Å². The maximum atomic E-state index is 9.42. The number of aliphatic hydroxyl groups is 1. The Kier molecular flexibility index (Phi) is 5.75. The van der Waals surface area contributed by atoms with Gasteiger partial charge in [0, 0.05) is 17.3 Å². The molecule has 3 unspecified atom stereocenters. The topological polar surface area (TPSA) is 41.5 Å². The number of nitrogens with one attached hydrogen (secondary N) is 1. The third-order valence-electron chi connectivity index (χ3n) is 4.17. The van der Waals surface area contributed by atoms with Crippen LogP contribution in [0.1, 0.15) is 36.9 Å². The first-order valence-electron chi connectivity index (χ1n) is 7.26. The average molecular weight is 295 g/mol. The van der Waals surface area contributed by atoms with Crippen LogP contribution in [0.3, 0.4) is 0 Å². The van der Waals surface area contributed by atoms with Gasteiger partial charge in [0.05, 0.1) is 13.7 Å². The second-order valence-corrected chi connectivity index (χ2v) is 6.50. The standard InChI is InChI=1S/C16H25NO2S/c1-11(16(10-18)20-3)17-15-6-4-5-12-7-8-13(19-2)9-14(12)15/h7-9,11,15-18H,4-6,10H2,1-3H3. The number of benzene rings is 1. The van der Waals surface area contributed by atoms with E-state index < -0.39 is 0 Å². The van der Waals surface area contributed by atoms with Crippen molar-refractivity contribution in [2.45, 2.75) is 43.5 Å². The molecule has 2 rings (SSSR count). The summed E-state index contributed by atoms with van der Waals surface area (Å²) < 4.78 is 5.35. The highest BCUT2D eigenvalue weighted by atomic mass is 32.2. The number of ether oxygens (including phenoxy) is 1. The van der Waals surface area contributed by atoms with Gasteiger partial charge >= 0.3 is 0 Å². The van der Waals surface area contributed by atoms with Crippen molar-refractivity contribution >= 4 is 11.8 Å². The van der Waals surface area contributed by atoms with Crippen molar-refractivity contribution in [3.63, 3.8) is 0 Å². The number of fused-ring (bicyclic) bond motifs is 1. The van der Waals surface area contributed by atoms with E-state index in [2.05, 4.69) is 30.6 Å². The molecule has 1 aliphatic rings. The van der Waals surface area contributed by atoms with Crippen LogP contribution in [0.25, 0.3) is 0 Å². The van der Waals surface area contributed by atoms with E-state index in [0.717, 1.165) is 18.6 Å². The highest BCUT2D eigenvalue weighted by molar-refractivity contribution is 7.99. The van der Waals surface area contributed by atoms with Gasteiger partial charge in [-0.25, -0.2) is 0 Å². The Morgan fingerprint density at radius 1 is 1.50 bits per heavy atom. The summed E-state index contributed by atoms with van der Waals surface area (Å²) in [5, 5.41) is 13.4. The van der Waals surface area contributed by atoms with Crippen LogP contribution >= 0.6 is 11.8 Å². The van der Waals surface area contributed by atoms with Gasteiger partial charge in [0.1, 0.15) is 5.75 Å². The molecule has 1 aromatic rings. The summed E-state index contributed by atoms with van der Waals surface area (Å²) >= 11 is 1.72. The second-order valence-electron chi connectivity index (χ2n) is 5.42. The molecular formula is C16H25NO2S. The molecule has 0 amide bonds. The van der Waals surface area contributed by atoms with Gasteiger partial charge in [0.2, 0.25) is 0 Å². The Morgan fingerprint density at radius 2 is 2.30 bits per heavy atom. The molecule has 4 heteroatoms. The van der Waals surface area contributed by atoms with Gasteiger partial charge in [-0.05, 0) is 55.7 Å². The van der Waals surface area contributed by atoms with Crippen LogP contribution in [0, 0.1) is 0 Å². The summed E-state index contributed by atoms with van der Waals surface area (Å²) in [5.74, 6) is 0.925. The largest absolute Gasteiger partial charge is 0.497 e. The fourth-order valence-electron chi connectivity index (χ4n) is 2.94. The molecule has 0 spiro atoms. The number of methoxy groups -OCH3 is 1. The van der Waals surface area contributed by atoms with E-state index in [1.165, 1.54) is 17.5 Å². The van der Waals surface area contributed by atoms with Crippen molar-refractivity contribution in [3.05, 3.63) is 29.3 Å². The molecule has 3 nitrogen and oxygen atoms in total. The van der Waals surface area contributed by atoms with Crippen LogP contribution in [-0.2, 0) is 6.42 Å². The normalized spacial score (nSPS) is 21.1. The molecule has 0 saturated heterocycles. The molecule has 3 atom stereocenters. The zero-order valence-electron chi connectivity index (χ0n) is 12.6. The maximum Gasteiger partial charge on any atom is 0.119 e. The molecule has 2 N–H and O–H groups in total. The maximum absolute atomic E-state index is 9.42. The summed E-state index contributed by atoms with van der Waals surface area (Å²) in [7, 11) is 1.71. The number of aliphatic hydroxyl groups excluding tert-OH is 1. The van der Waals surface area contributed by atoms with Crippen LogP contribution in [0.2, 0.25) is 0 Å². The Morgan fingerprint density at radius 3 is 2.95 bits per heavy atom. The predicted molar refractivity (Wildman–Crippen MR) is 85.7 cm³/mol. The first kappa shape index (κ1) is 15.7. The van der Waals surface area contributed by atoms with E-state index in [0.29, 0.717) is 6.04 Å². The first-order chi connectivity index (χ1) is 9.69. The molecule has 1 aromatic carbocycles. The van der Waals surface area contributed by atoms with E-state index >= 15 is 0 Å². The molecule has 0 saturated carbocycles. The van der Waals surface area contributed by atoms with Crippen molar-refractivity contribution < 1.29 is 9.84 Å². The summed E-state index contributed by atoms with van der Waals surface area (Å²) in [6.07, 6.45) is 5.57. The summed E-state index contributed by atoms with van der Waals surface area (Å²) in [4.78, 5) is 0. The van der Waals surface area contributed by atoms with Crippen LogP contribution in [0.5, 0.6) is 5.75 Å². The molecule has 1 aliphatic carbocycles. The van der Waals surface area contributed by atoms with Crippen LogP contribution in [-0.4, -0.2) is 36.4 Å². The molecule has 0 bridgehead atoms. The number of hydrogen-bond donors (Lipinski definition) is 2. The third kappa shape index (κ3) is 3.48. The fraction of sp³-hybridized carbons (Fsp3) is 0.625. The molecule has 0 fully saturated rings. The van der Waals surface area contributed by atoms with Gasteiger partial charge in [0.15, 0.2) is 0 Å². The molecule has 0 radical (unpaired) electrons. The van der Waals surface area contributed by atoms with Crippen molar-refractivity contribution in [2.24, 2.45) is 0 Å². The minimum atomic E-state index is 0.215. The molecule has 20 heavy (non-hydrogen) atoms. The van der Waals surface area contributed by atoms with E-state index in [9.17, 15) is 5.11 Å². The number of rotatable bonds is 6. The smallest absolute Gasteiger partial charge is 0.119 e. The van der Waals surface area contributed by atoms with Gasteiger partial charge in [-0.1, -0.05) is 6.07 Å². The Balaban J connectivity index is 2.15. The molecular weight excluding hydrogens is 270 g/mol. The summed E-state index contributed by atoms with van der Waals surface area (Å²) in [6.45, 7) is 2.37. The Labute approximate surface area is 126 Å². The van der Waals surface area contributed by atoms with E-state index in [-0.39, 0.29) is 17.9 Å². The Bertz CT molecular complexity index is 434. The number of hydrogen-bond acceptors (Lipinski definition) is 4. The second kappa shape index (κ2) is 7.34. The fourth-order valence-corrected chi connectivity index (χ4v) is 3.57. The lowest BCUT2D eigenvalue weighted by Gasteiger charge is -2.32. The third-order valence-corrected chi connectivity index (χ3v) is 5.33. The lowest BCUT2D eigenvalue weighted by Crippen LogP contribution is -2.40. The number of thioether (sulfide) groups is 1. The minimum Gasteiger partial charge on any atom is -0.497 e. The molecule has 0 aliphatic heterocycles. The highest BCUT2D eigenvalue weighted by Crippen LogP contribution is 2.33. The zero-order chi connectivity index (χ0) is 14.5. The van der Waals surface area contributed by atoms with Crippen LogP contribution < -0.4 is 10.1 Å². The predicted octanol–water partition coefficient (Wildman–Crippen LogP) is 2.77. The summed E-state index contributed by atoms with van der Waals surface area (Å²) in [5.41, 5.74) is 2.78. The van der Waals surface area contributed by atoms with Crippen LogP contribution in [0.4, 0.5) is 0 Å². The molecule has 0 aromatic heterocycles. The van der Waals surface area contributed by atoms with Gasteiger partial charge in [-0.15, -0.1) is 0 Å². The van der Waals surface area contributed by atoms with Crippen molar-refractivity contribution in [1.82, 2.24) is 5.32 Å². The van der Waals surface area contributed by atoms with Gasteiger partial charge in [0.25, 0.3) is 0 Å². The van der Waals surface area contributed by atoms with Gasteiger partial charge in [-0.3, -0.25) is 0 Å². The lowest BCUT2D eigenvalue weighted by molar-refractivity contribution is 0.267. The number of aryl methyl sites for hydroxylation is 1. The van der Waals surface area contributed by atoms with Gasteiger partial charge < -0.3 is 15.2 Å². The SMILES string of the molecule is COc1ccc2c(c1)C(NC(C)C(CO)SC)CCC2. The molecule has 0 heterocycles. The van der Waals surface area contributed by atoms with Crippen LogP contribution in [0.15, 0.2) is 18.2 Å². The van der Waals surface area contributed by atoms with Crippen molar-refractivity contribution in [3.8, 4) is 5.75 Å². The quantitative estimate of drug-likeness (QED) is 0.847. The highest BCUT2D eigenvalue weighted by Gasteiger charge is 2.24. The van der Waals surface area contributed by atoms with Crippen molar-refractivity contribution in [2.75, 3.05) is 20.0 Å². The van der Waals surface area contributed by atoms with E-state index in [4.69, 9.17) is 4.74 Å². The van der Waals surface area contributed by atoms with Gasteiger partial charge in [-0.2, -0.15) is 11.8 Å². The lowest BCUT2D eigenvalue weighted by atomic mass is 9.87. The minimum absolute atomic E-state index is 0.215. The first-order valence-corrected chi connectivity index (χ1v) is 8.55. The van der Waals surface area contributed by atoms with E-state index in [1.807, 2.05) is 6.07 Å². The Hall–Kier alpha value is -0.710. The monoisotopic (exact) mass is 295 g/mol.